The molecular weight excluding hydrogens is 416 g/mol. The molecule has 0 atom stereocenters. The molecule has 5 rings (SSSR count). The predicted octanol–water partition coefficient (Wildman–Crippen LogP) is 2.56. The topological polar surface area (TPSA) is 106 Å². The van der Waals surface area contributed by atoms with Crippen molar-refractivity contribution in [1.29, 1.82) is 0 Å². The molecule has 1 saturated heterocycles. The van der Waals surface area contributed by atoms with Crippen molar-refractivity contribution in [2.45, 2.75) is 12.8 Å². The summed E-state index contributed by atoms with van der Waals surface area (Å²) in [5.74, 6) is 1.04. The van der Waals surface area contributed by atoms with Crippen molar-refractivity contribution in [1.82, 2.24) is 29.3 Å². The van der Waals surface area contributed by atoms with Crippen molar-refractivity contribution in [3.63, 3.8) is 0 Å². The number of pyridine rings is 1. The minimum Gasteiger partial charge on any atom is -0.492 e. The Hall–Kier alpha value is -2.98. The highest BCUT2D eigenvalue weighted by Gasteiger charge is 2.25. The van der Waals surface area contributed by atoms with E-state index in [4.69, 9.17) is 9.72 Å². The van der Waals surface area contributed by atoms with Gasteiger partial charge in [0.25, 0.3) is 0 Å². The van der Waals surface area contributed by atoms with Crippen LogP contribution in [0.4, 0.5) is 0 Å². The molecule has 0 spiro atoms. The molecule has 0 saturated carbocycles. The lowest BCUT2D eigenvalue weighted by atomic mass is 9.99. The molecule has 4 aromatic rings. The van der Waals surface area contributed by atoms with Crippen molar-refractivity contribution in [2.24, 2.45) is 13.0 Å². The number of aromatic nitrogens is 5. The Morgan fingerprint density at radius 1 is 1.19 bits per heavy atom. The van der Waals surface area contributed by atoms with Gasteiger partial charge in [-0.3, -0.25) is 9.78 Å². The molecule has 1 N–H and O–H groups in total. The zero-order chi connectivity index (χ0) is 21.6. The number of nitrogens with one attached hydrogen (secondary N) is 1. The maximum Gasteiger partial charge on any atom is 0.211 e. The van der Waals surface area contributed by atoms with E-state index in [9.17, 15) is 8.42 Å². The van der Waals surface area contributed by atoms with Crippen LogP contribution in [0.1, 0.15) is 12.8 Å². The van der Waals surface area contributed by atoms with Crippen molar-refractivity contribution < 1.29 is 13.2 Å². The fourth-order valence-corrected chi connectivity index (χ4v) is 5.02. The maximum atomic E-state index is 11.7. The summed E-state index contributed by atoms with van der Waals surface area (Å²) in [5, 5.41) is 13.4. The Balaban J connectivity index is 1.43. The van der Waals surface area contributed by atoms with E-state index in [-0.39, 0.29) is 0 Å². The van der Waals surface area contributed by atoms with Crippen LogP contribution in [0.2, 0.25) is 0 Å². The summed E-state index contributed by atoms with van der Waals surface area (Å²) in [4.78, 5) is 4.83. The van der Waals surface area contributed by atoms with Crippen LogP contribution >= 0.6 is 0 Å². The van der Waals surface area contributed by atoms with Crippen molar-refractivity contribution in [3.05, 3.63) is 36.7 Å². The fraction of sp³-hybridized carbons (Fsp3) is 0.381. The van der Waals surface area contributed by atoms with E-state index in [2.05, 4.69) is 15.3 Å². The summed E-state index contributed by atoms with van der Waals surface area (Å²) in [6.45, 7) is 1.61. The number of aryl methyl sites for hydroxylation is 1. The smallest absolute Gasteiger partial charge is 0.211 e. The van der Waals surface area contributed by atoms with Crippen LogP contribution in [-0.4, -0.2) is 63.6 Å². The van der Waals surface area contributed by atoms with E-state index in [1.54, 1.807) is 21.4 Å². The third kappa shape index (κ3) is 3.77. The number of H-pyrrole nitrogens is 1. The predicted molar refractivity (Wildman–Crippen MR) is 118 cm³/mol. The van der Waals surface area contributed by atoms with E-state index in [0.717, 1.165) is 51.8 Å². The molecule has 0 aliphatic carbocycles. The molecule has 9 nitrogen and oxygen atoms in total. The van der Waals surface area contributed by atoms with E-state index in [1.165, 1.54) is 6.26 Å². The first-order valence-corrected chi connectivity index (χ1v) is 12.1. The minimum atomic E-state index is -3.13. The van der Waals surface area contributed by atoms with Gasteiger partial charge in [0, 0.05) is 37.2 Å². The zero-order valence-electron chi connectivity index (χ0n) is 17.4. The summed E-state index contributed by atoms with van der Waals surface area (Å²) in [5.41, 5.74) is 3.47. The SMILES string of the molecule is Cn1ncc2c(OCC3CCN(S(C)(=O)=O)CC3)cc(-c3cccc4[nH]ncc34)nc21. The lowest BCUT2D eigenvalue weighted by Crippen LogP contribution is -2.39. The monoisotopic (exact) mass is 440 g/mol. The molecule has 1 aliphatic heterocycles. The molecule has 162 valence electrons. The molecule has 4 heterocycles. The van der Waals surface area contributed by atoms with E-state index in [0.29, 0.717) is 25.6 Å². The van der Waals surface area contributed by atoms with E-state index >= 15 is 0 Å². The summed E-state index contributed by atoms with van der Waals surface area (Å²) >= 11 is 0. The van der Waals surface area contributed by atoms with Crippen LogP contribution in [-0.2, 0) is 17.1 Å². The van der Waals surface area contributed by atoms with Gasteiger partial charge >= 0.3 is 0 Å². The maximum absolute atomic E-state index is 11.7. The van der Waals surface area contributed by atoms with Gasteiger partial charge in [-0.15, -0.1) is 0 Å². The molecule has 3 aromatic heterocycles. The van der Waals surface area contributed by atoms with E-state index in [1.807, 2.05) is 31.3 Å². The van der Waals surface area contributed by atoms with Crippen molar-refractivity contribution >= 4 is 32.0 Å². The number of hydrogen-bond acceptors (Lipinski definition) is 6. The highest BCUT2D eigenvalue weighted by atomic mass is 32.2. The lowest BCUT2D eigenvalue weighted by molar-refractivity contribution is 0.187. The first kappa shape index (κ1) is 20.0. The van der Waals surface area contributed by atoms with Crippen LogP contribution in [0, 0.1) is 5.92 Å². The van der Waals surface area contributed by atoms with Crippen molar-refractivity contribution in [2.75, 3.05) is 26.0 Å². The molecular formula is C21H24N6O3S. The number of sulfonamides is 1. The number of nitrogens with zero attached hydrogens (tertiary/aromatic N) is 5. The lowest BCUT2D eigenvalue weighted by Gasteiger charge is -2.30. The van der Waals surface area contributed by atoms with Gasteiger partial charge in [0.2, 0.25) is 10.0 Å². The molecule has 0 amide bonds. The van der Waals surface area contributed by atoms with E-state index < -0.39 is 10.0 Å². The largest absolute Gasteiger partial charge is 0.492 e. The molecule has 0 bridgehead atoms. The summed E-state index contributed by atoms with van der Waals surface area (Å²) in [6.07, 6.45) is 6.41. The van der Waals surface area contributed by atoms with Crippen LogP contribution in [0.25, 0.3) is 33.2 Å². The van der Waals surface area contributed by atoms with Crippen LogP contribution < -0.4 is 4.74 Å². The van der Waals surface area contributed by atoms with Gasteiger partial charge in [-0.1, -0.05) is 12.1 Å². The Labute approximate surface area is 180 Å². The normalized spacial score (nSPS) is 16.3. The summed E-state index contributed by atoms with van der Waals surface area (Å²) < 4.78 is 33.0. The van der Waals surface area contributed by atoms with Crippen LogP contribution in [0.15, 0.2) is 36.7 Å². The Morgan fingerprint density at radius 3 is 2.77 bits per heavy atom. The zero-order valence-corrected chi connectivity index (χ0v) is 18.3. The van der Waals surface area contributed by atoms with Gasteiger partial charge in [0.15, 0.2) is 5.65 Å². The van der Waals surface area contributed by atoms with Gasteiger partial charge in [-0.25, -0.2) is 17.7 Å². The number of piperidine rings is 1. The molecule has 31 heavy (non-hydrogen) atoms. The third-order valence-corrected chi connectivity index (χ3v) is 7.25. The summed E-state index contributed by atoms with van der Waals surface area (Å²) in [7, 11) is -1.26. The Kier molecular flexibility index (Phi) is 4.90. The second-order valence-corrected chi connectivity index (χ2v) is 10.0. The van der Waals surface area contributed by atoms with Gasteiger partial charge in [-0.2, -0.15) is 10.2 Å². The standard InChI is InChI=1S/C21H24N6O3S/c1-26-21-17(12-23-26)20(30-13-14-6-8-27(9-7-14)31(2,28)29)10-19(24-21)15-4-3-5-18-16(15)11-22-25-18/h3-5,10-12,14H,6-9,13H2,1-2H3,(H,22,25). The van der Waals surface area contributed by atoms with Gasteiger partial charge < -0.3 is 4.74 Å². The molecule has 10 heteroatoms. The highest BCUT2D eigenvalue weighted by molar-refractivity contribution is 7.88. The molecule has 1 aliphatic rings. The van der Waals surface area contributed by atoms with Crippen LogP contribution in [0.3, 0.4) is 0 Å². The number of fused-ring (bicyclic) bond motifs is 2. The molecule has 1 aromatic carbocycles. The second kappa shape index (κ2) is 7.61. The number of benzene rings is 1. The van der Waals surface area contributed by atoms with Gasteiger partial charge in [0.1, 0.15) is 5.75 Å². The van der Waals surface area contributed by atoms with Gasteiger partial charge in [-0.05, 0) is 24.8 Å². The molecule has 0 radical (unpaired) electrons. The highest BCUT2D eigenvalue weighted by Crippen LogP contribution is 2.33. The molecule has 0 unspecified atom stereocenters. The average molecular weight is 441 g/mol. The fourth-order valence-electron chi connectivity index (χ4n) is 4.15. The number of rotatable bonds is 5. The Morgan fingerprint density at radius 2 is 2.00 bits per heavy atom. The van der Waals surface area contributed by atoms with Crippen LogP contribution in [0.5, 0.6) is 5.75 Å². The number of ether oxygens (including phenoxy) is 1. The first-order valence-electron chi connectivity index (χ1n) is 10.2. The second-order valence-electron chi connectivity index (χ2n) is 8.06. The van der Waals surface area contributed by atoms with Crippen molar-refractivity contribution in [3.8, 4) is 17.0 Å². The third-order valence-electron chi connectivity index (χ3n) is 5.94. The molecule has 1 fully saturated rings. The van der Waals surface area contributed by atoms with Gasteiger partial charge in [0.05, 0.1) is 41.9 Å². The quantitative estimate of drug-likeness (QED) is 0.511. The minimum absolute atomic E-state index is 0.304. The number of aromatic amines is 1. The Bertz CT molecular complexity index is 1350. The summed E-state index contributed by atoms with van der Waals surface area (Å²) in [6, 6.07) is 7.93. The average Bonchev–Trinajstić information content (AvgIpc) is 3.38. The number of hydrogen-bond donors (Lipinski definition) is 1. The first-order chi connectivity index (χ1) is 14.9.